The van der Waals surface area contributed by atoms with E-state index in [0.29, 0.717) is 11.6 Å². The molecule has 0 unspecified atom stereocenters. The number of rotatable bonds is 2. The number of anilines is 2. The van der Waals surface area contributed by atoms with Crippen LogP contribution < -0.4 is 11.5 Å². The van der Waals surface area contributed by atoms with Crippen LogP contribution in [0.25, 0.3) is 0 Å². The van der Waals surface area contributed by atoms with E-state index in [4.69, 9.17) is 11.5 Å². The number of hydrogen-bond acceptors (Lipinski definition) is 3. The van der Waals surface area contributed by atoms with Crippen molar-refractivity contribution in [2.45, 2.75) is 19.8 Å². The maximum atomic E-state index is 5.53. The van der Waals surface area contributed by atoms with Crippen molar-refractivity contribution < 1.29 is 0 Å². The molecule has 1 aromatic rings. The van der Waals surface area contributed by atoms with E-state index in [1.54, 1.807) is 0 Å². The number of nitrogens with two attached hydrogens (primary N) is 2. The summed E-state index contributed by atoms with van der Waals surface area (Å²) in [5, 5.41) is 6.39. The van der Waals surface area contributed by atoms with Gasteiger partial charge in [-0.3, -0.25) is 5.10 Å². The van der Waals surface area contributed by atoms with E-state index >= 15 is 0 Å². The molecular formula is C6H12N4. The Hall–Kier alpha value is -1.19. The normalized spacial score (nSPS) is 10.1. The lowest BCUT2D eigenvalue weighted by Gasteiger charge is -1.94. The van der Waals surface area contributed by atoms with Gasteiger partial charge in [0.15, 0.2) is 5.82 Å². The molecule has 0 fully saturated rings. The standard InChI is InChI=1S/C6H12N4/c1-2-3-4-5(7)9-10-6(4)8/h2-3H2,1H3,(H5,7,8,9,10). The van der Waals surface area contributed by atoms with Gasteiger partial charge in [0.1, 0.15) is 5.82 Å². The molecule has 0 saturated heterocycles. The van der Waals surface area contributed by atoms with Crippen molar-refractivity contribution in [3.8, 4) is 0 Å². The molecule has 10 heavy (non-hydrogen) atoms. The summed E-state index contributed by atoms with van der Waals surface area (Å²) in [7, 11) is 0. The van der Waals surface area contributed by atoms with E-state index in [0.717, 1.165) is 18.4 Å². The van der Waals surface area contributed by atoms with Crippen LogP contribution >= 0.6 is 0 Å². The summed E-state index contributed by atoms with van der Waals surface area (Å²) in [4.78, 5) is 0. The zero-order valence-corrected chi connectivity index (χ0v) is 6.02. The number of hydrogen-bond donors (Lipinski definition) is 3. The predicted molar refractivity (Wildman–Crippen MR) is 41.4 cm³/mol. The first-order valence-corrected chi connectivity index (χ1v) is 3.34. The first kappa shape index (κ1) is 6.92. The Morgan fingerprint density at radius 2 is 2.20 bits per heavy atom. The van der Waals surface area contributed by atoms with Gasteiger partial charge >= 0.3 is 0 Å². The van der Waals surface area contributed by atoms with Gasteiger partial charge in [0.25, 0.3) is 0 Å². The van der Waals surface area contributed by atoms with Crippen molar-refractivity contribution in [3.05, 3.63) is 5.56 Å². The summed E-state index contributed by atoms with van der Waals surface area (Å²) in [5.74, 6) is 1.12. The van der Waals surface area contributed by atoms with Crippen molar-refractivity contribution >= 4 is 11.6 Å². The van der Waals surface area contributed by atoms with E-state index in [-0.39, 0.29) is 0 Å². The minimum absolute atomic E-state index is 0.527. The topological polar surface area (TPSA) is 80.7 Å². The van der Waals surface area contributed by atoms with Gasteiger partial charge in [-0.2, -0.15) is 5.10 Å². The zero-order valence-electron chi connectivity index (χ0n) is 6.02. The zero-order chi connectivity index (χ0) is 7.56. The maximum absolute atomic E-state index is 5.53. The molecule has 1 rings (SSSR count). The van der Waals surface area contributed by atoms with Crippen LogP contribution in [-0.4, -0.2) is 10.2 Å². The summed E-state index contributed by atoms with van der Waals surface area (Å²) in [5.41, 5.74) is 12.0. The first-order chi connectivity index (χ1) is 4.75. The fraction of sp³-hybridized carbons (Fsp3) is 0.500. The summed E-state index contributed by atoms with van der Waals surface area (Å²) in [6.07, 6.45) is 1.93. The van der Waals surface area contributed by atoms with E-state index in [1.807, 2.05) is 0 Å². The van der Waals surface area contributed by atoms with Crippen LogP contribution in [0.3, 0.4) is 0 Å². The summed E-state index contributed by atoms with van der Waals surface area (Å²) in [6, 6.07) is 0. The second-order valence-corrected chi connectivity index (χ2v) is 2.25. The third-order valence-electron chi connectivity index (χ3n) is 1.43. The third-order valence-corrected chi connectivity index (χ3v) is 1.43. The Labute approximate surface area is 59.6 Å². The van der Waals surface area contributed by atoms with E-state index in [2.05, 4.69) is 17.1 Å². The molecule has 0 radical (unpaired) electrons. The number of aromatic amines is 1. The molecule has 0 bridgehead atoms. The number of nitrogens with zero attached hydrogens (tertiary/aromatic N) is 1. The Balaban J connectivity index is 2.87. The van der Waals surface area contributed by atoms with Crippen LogP contribution in [0.5, 0.6) is 0 Å². The van der Waals surface area contributed by atoms with Crippen molar-refractivity contribution in [2.75, 3.05) is 11.5 Å². The minimum Gasteiger partial charge on any atom is -0.384 e. The smallest absolute Gasteiger partial charge is 0.150 e. The maximum Gasteiger partial charge on any atom is 0.150 e. The molecule has 56 valence electrons. The molecule has 0 atom stereocenters. The Kier molecular flexibility index (Phi) is 1.80. The number of H-pyrrole nitrogens is 1. The minimum atomic E-state index is 0.527. The molecule has 1 heterocycles. The SMILES string of the molecule is CCCc1c(N)n[nH]c1N. The fourth-order valence-electron chi connectivity index (χ4n) is 0.906. The van der Waals surface area contributed by atoms with E-state index < -0.39 is 0 Å². The molecule has 0 saturated carbocycles. The van der Waals surface area contributed by atoms with Gasteiger partial charge in [-0.05, 0) is 6.42 Å². The monoisotopic (exact) mass is 140 g/mol. The molecule has 4 nitrogen and oxygen atoms in total. The van der Waals surface area contributed by atoms with Crippen LogP contribution in [0.15, 0.2) is 0 Å². The second kappa shape index (κ2) is 2.60. The number of aromatic nitrogens is 2. The van der Waals surface area contributed by atoms with Crippen LogP contribution in [-0.2, 0) is 6.42 Å². The molecule has 1 aromatic heterocycles. The molecule has 0 aromatic carbocycles. The van der Waals surface area contributed by atoms with Crippen molar-refractivity contribution in [1.29, 1.82) is 0 Å². The lowest BCUT2D eigenvalue weighted by Crippen LogP contribution is -1.94. The van der Waals surface area contributed by atoms with E-state index in [9.17, 15) is 0 Å². The second-order valence-electron chi connectivity index (χ2n) is 2.25. The lowest BCUT2D eigenvalue weighted by atomic mass is 10.2. The van der Waals surface area contributed by atoms with Crippen molar-refractivity contribution in [3.63, 3.8) is 0 Å². The highest BCUT2D eigenvalue weighted by molar-refractivity contribution is 5.52. The average molecular weight is 140 g/mol. The van der Waals surface area contributed by atoms with Crippen LogP contribution in [0.1, 0.15) is 18.9 Å². The molecule has 5 N–H and O–H groups in total. The van der Waals surface area contributed by atoms with Gasteiger partial charge in [0.2, 0.25) is 0 Å². The molecule has 4 heteroatoms. The molecule has 0 spiro atoms. The Bertz CT molecular complexity index is 196. The predicted octanol–water partition coefficient (Wildman–Crippen LogP) is 0.527. The molecule has 0 aliphatic carbocycles. The average Bonchev–Trinajstić information content (AvgIpc) is 2.20. The summed E-state index contributed by atoms with van der Waals surface area (Å²) in [6.45, 7) is 2.08. The van der Waals surface area contributed by atoms with Crippen LogP contribution in [0, 0.1) is 0 Å². The van der Waals surface area contributed by atoms with Gasteiger partial charge < -0.3 is 11.5 Å². The quantitative estimate of drug-likeness (QED) is 0.560. The Morgan fingerprint density at radius 1 is 1.50 bits per heavy atom. The number of nitrogen functional groups attached to an aromatic ring is 2. The highest BCUT2D eigenvalue weighted by Gasteiger charge is 2.04. The van der Waals surface area contributed by atoms with Gasteiger partial charge in [0.05, 0.1) is 0 Å². The first-order valence-electron chi connectivity index (χ1n) is 3.34. The molecule has 0 aliphatic rings. The summed E-state index contributed by atoms with van der Waals surface area (Å²) >= 11 is 0. The molecular weight excluding hydrogens is 128 g/mol. The largest absolute Gasteiger partial charge is 0.384 e. The van der Waals surface area contributed by atoms with E-state index in [1.165, 1.54) is 0 Å². The van der Waals surface area contributed by atoms with Gasteiger partial charge in [-0.1, -0.05) is 13.3 Å². The van der Waals surface area contributed by atoms with Gasteiger partial charge in [-0.15, -0.1) is 0 Å². The van der Waals surface area contributed by atoms with Gasteiger partial charge in [-0.25, -0.2) is 0 Å². The third kappa shape index (κ3) is 1.05. The Morgan fingerprint density at radius 3 is 2.60 bits per heavy atom. The highest BCUT2D eigenvalue weighted by Crippen LogP contribution is 2.16. The van der Waals surface area contributed by atoms with Crippen molar-refractivity contribution in [2.24, 2.45) is 0 Å². The molecule has 0 amide bonds. The van der Waals surface area contributed by atoms with Crippen LogP contribution in [0.4, 0.5) is 11.6 Å². The highest BCUT2D eigenvalue weighted by atomic mass is 15.2. The molecule has 0 aliphatic heterocycles. The number of nitrogens with one attached hydrogen (secondary N) is 1. The fourth-order valence-corrected chi connectivity index (χ4v) is 0.906. The van der Waals surface area contributed by atoms with Crippen LogP contribution in [0.2, 0.25) is 0 Å². The summed E-state index contributed by atoms with van der Waals surface area (Å²) < 4.78 is 0. The van der Waals surface area contributed by atoms with Crippen molar-refractivity contribution in [1.82, 2.24) is 10.2 Å². The van der Waals surface area contributed by atoms with Gasteiger partial charge in [0, 0.05) is 5.56 Å². The lowest BCUT2D eigenvalue weighted by molar-refractivity contribution is 0.927.